The van der Waals surface area contributed by atoms with Crippen molar-refractivity contribution in [2.45, 2.75) is 31.6 Å². The molecule has 0 saturated carbocycles. The summed E-state index contributed by atoms with van der Waals surface area (Å²) in [4.78, 5) is 53.6. The van der Waals surface area contributed by atoms with Crippen LogP contribution in [0.5, 0.6) is 0 Å². The number of amides is 2. The van der Waals surface area contributed by atoms with E-state index in [4.69, 9.17) is 4.74 Å². The molecule has 1 aromatic carbocycles. The Morgan fingerprint density at radius 2 is 1.93 bits per heavy atom. The van der Waals surface area contributed by atoms with Crippen LogP contribution in [0.1, 0.15) is 12.5 Å². The van der Waals surface area contributed by atoms with Gasteiger partial charge in [-0.3, -0.25) is 19.2 Å². The molecular weight excluding hydrogens is 400 g/mol. The van der Waals surface area contributed by atoms with Crippen molar-refractivity contribution in [3.8, 4) is 0 Å². The molecule has 0 bridgehead atoms. The predicted octanol–water partition coefficient (Wildman–Crippen LogP) is -0.0832. The van der Waals surface area contributed by atoms with Gasteiger partial charge >= 0.3 is 0 Å². The Hall–Kier alpha value is -3.14. The van der Waals surface area contributed by atoms with Gasteiger partial charge in [-0.2, -0.15) is 0 Å². The number of hydrogen-bond donors (Lipinski definition) is 1. The number of halogens is 2. The third-order valence-corrected chi connectivity index (χ3v) is 5.65. The van der Waals surface area contributed by atoms with Crippen LogP contribution in [0, 0.1) is 11.6 Å². The van der Waals surface area contributed by atoms with Crippen LogP contribution in [0.15, 0.2) is 30.0 Å². The number of fused-ring (bicyclic) bond motifs is 3. The average molecular weight is 419 g/mol. The van der Waals surface area contributed by atoms with Crippen LogP contribution in [-0.4, -0.2) is 71.1 Å². The maximum atomic E-state index is 13.8. The zero-order valence-corrected chi connectivity index (χ0v) is 16.1. The molecule has 1 aromatic rings. The molecule has 1 N–H and O–H groups in total. The molecular formula is C20H19F2N3O5. The van der Waals surface area contributed by atoms with Gasteiger partial charge < -0.3 is 19.9 Å². The number of Topliss-reactive ketones (excluding diaryl/α,β-unsaturated/α-hetero) is 2. The summed E-state index contributed by atoms with van der Waals surface area (Å²) in [6.07, 6.45) is 1.22. The van der Waals surface area contributed by atoms with Gasteiger partial charge in [0.05, 0.1) is 25.3 Å². The minimum Gasteiger partial charge on any atom is -0.377 e. The van der Waals surface area contributed by atoms with Crippen molar-refractivity contribution in [2.24, 2.45) is 0 Å². The Balaban J connectivity index is 1.59. The minimum atomic E-state index is -1.31. The van der Waals surface area contributed by atoms with Gasteiger partial charge in [-0.15, -0.1) is 0 Å². The molecule has 3 atom stereocenters. The number of ether oxygens (including phenoxy) is 1. The number of hydrogen-bond acceptors (Lipinski definition) is 6. The summed E-state index contributed by atoms with van der Waals surface area (Å²) >= 11 is 0. The van der Waals surface area contributed by atoms with Crippen LogP contribution in [-0.2, 0) is 30.5 Å². The van der Waals surface area contributed by atoms with Gasteiger partial charge in [0.15, 0.2) is 6.04 Å². The summed E-state index contributed by atoms with van der Waals surface area (Å²) in [6.45, 7) is 2.40. The molecule has 2 fully saturated rings. The molecule has 0 radical (unpaired) electrons. The van der Waals surface area contributed by atoms with Crippen LogP contribution in [0.2, 0.25) is 0 Å². The summed E-state index contributed by atoms with van der Waals surface area (Å²) in [5.74, 6) is -5.03. The smallest absolute Gasteiger partial charge is 0.257 e. The first-order valence-electron chi connectivity index (χ1n) is 9.51. The molecule has 3 aliphatic rings. The highest BCUT2D eigenvalue weighted by molar-refractivity contribution is 6.54. The second kappa shape index (κ2) is 7.60. The third kappa shape index (κ3) is 3.17. The summed E-state index contributed by atoms with van der Waals surface area (Å²) < 4.78 is 32.3. The third-order valence-electron chi connectivity index (χ3n) is 5.65. The number of likely N-dealkylation sites (N-methyl/N-ethyl adjacent to an activating group) is 1. The Morgan fingerprint density at radius 3 is 2.63 bits per heavy atom. The van der Waals surface area contributed by atoms with Crippen LogP contribution < -0.4 is 5.32 Å². The largest absolute Gasteiger partial charge is 0.377 e. The van der Waals surface area contributed by atoms with Gasteiger partial charge in [0.25, 0.3) is 11.8 Å². The second-order valence-electron chi connectivity index (χ2n) is 7.30. The van der Waals surface area contributed by atoms with E-state index in [1.165, 1.54) is 22.1 Å². The van der Waals surface area contributed by atoms with Gasteiger partial charge in [-0.1, -0.05) is 6.07 Å². The molecule has 0 aromatic heterocycles. The lowest BCUT2D eigenvalue weighted by Gasteiger charge is -2.47. The van der Waals surface area contributed by atoms with Gasteiger partial charge in [-0.25, -0.2) is 8.78 Å². The topological polar surface area (TPSA) is 96.0 Å². The van der Waals surface area contributed by atoms with Crippen LogP contribution >= 0.6 is 0 Å². The molecule has 3 aliphatic heterocycles. The molecule has 10 heteroatoms. The number of rotatable bonds is 4. The van der Waals surface area contributed by atoms with E-state index in [1.54, 1.807) is 6.92 Å². The Bertz CT molecular complexity index is 979. The molecule has 0 spiro atoms. The number of nitrogens with one attached hydrogen (secondary N) is 1. The first-order valence-corrected chi connectivity index (χ1v) is 9.51. The van der Waals surface area contributed by atoms with Crippen LogP contribution in [0.4, 0.5) is 8.78 Å². The number of benzene rings is 1. The maximum Gasteiger partial charge on any atom is 0.257 e. The quantitative estimate of drug-likeness (QED) is 0.417. The van der Waals surface area contributed by atoms with E-state index in [0.29, 0.717) is 19.2 Å². The monoisotopic (exact) mass is 419 g/mol. The average Bonchev–Trinajstić information content (AvgIpc) is 3.19. The van der Waals surface area contributed by atoms with Crippen LogP contribution in [0.25, 0.3) is 0 Å². The molecule has 0 aliphatic carbocycles. The van der Waals surface area contributed by atoms with Gasteiger partial charge in [-0.05, 0) is 13.0 Å². The molecule has 2 amide bonds. The molecule has 1 unspecified atom stereocenters. The Labute approximate surface area is 170 Å². The van der Waals surface area contributed by atoms with Crippen LogP contribution in [0.3, 0.4) is 0 Å². The summed E-state index contributed by atoms with van der Waals surface area (Å²) in [7, 11) is 0. The highest BCUT2D eigenvalue weighted by Gasteiger charge is 2.54. The normalized spacial score (nSPS) is 25.8. The Morgan fingerprint density at radius 1 is 1.20 bits per heavy atom. The van der Waals surface area contributed by atoms with Crippen molar-refractivity contribution in [3.63, 3.8) is 0 Å². The zero-order chi connectivity index (χ0) is 21.6. The number of carbonyl (C=O) groups excluding carboxylic acids is 4. The lowest BCUT2D eigenvalue weighted by Crippen LogP contribution is -2.69. The lowest BCUT2D eigenvalue weighted by molar-refractivity contribution is -0.155. The van der Waals surface area contributed by atoms with Crippen molar-refractivity contribution in [1.82, 2.24) is 15.1 Å². The van der Waals surface area contributed by atoms with E-state index >= 15 is 0 Å². The highest BCUT2D eigenvalue weighted by Crippen LogP contribution is 2.31. The fourth-order valence-corrected chi connectivity index (χ4v) is 4.12. The van der Waals surface area contributed by atoms with E-state index in [-0.39, 0.29) is 30.8 Å². The number of piperazine rings is 1. The van der Waals surface area contributed by atoms with E-state index in [9.17, 15) is 28.0 Å². The maximum absolute atomic E-state index is 13.8. The summed E-state index contributed by atoms with van der Waals surface area (Å²) in [6, 6.07) is 0.941. The van der Waals surface area contributed by atoms with E-state index in [1.807, 2.05) is 0 Å². The molecule has 30 heavy (non-hydrogen) atoms. The predicted molar refractivity (Wildman–Crippen MR) is 97.7 cm³/mol. The zero-order valence-electron chi connectivity index (χ0n) is 16.1. The molecule has 8 nitrogen and oxygen atoms in total. The van der Waals surface area contributed by atoms with Gasteiger partial charge in [0, 0.05) is 30.9 Å². The van der Waals surface area contributed by atoms with Crippen molar-refractivity contribution < 1.29 is 32.7 Å². The number of nitrogens with zero attached hydrogens (tertiary/aromatic N) is 2. The number of carbonyl (C=O) groups is 4. The SMILES string of the molecule is CCN1C(=O)C2C(=O)C(=O)C(C(=O)NCc3ccc(F)cc3F)=CN2[C@@H]2COC[C@H]21. The van der Waals surface area contributed by atoms with Crippen molar-refractivity contribution >= 4 is 23.4 Å². The minimum absolute atomic E-state index is 0.0220. The summed E-state index contributed by atoms with van der Waals surface area (Å²) in [5.41, 5.74) is -0.407. The molecule has 3 heterocycles. The van der Waals surface area contributed by atoms with E-state index in [2.05, 4.69) is 5.32 Å². The fourth-order valence-electron chi connectivity index (χ4n) is 4.12. The van der Waals surface area contributed by atoms with Gasteiger partial charge in [0.2, 0.25) is 11.6 Å². The van der Waals surface area contributed by atoms with Crippen molar-refractivity contribution in [2.75, 3.05) is 19.8 Å². The first kappa shape index (κ1) is 20.1. The van der Waals surface area contributed by atoms with E-state index in [0.717, 1.165) is 6.07 Å². The molecule has 2 saturated heterocycles. The summed E-state index contributed by atoms with van der Waals surface area (Å²) in [5, 5.41) is 2.37. The Kier molecular flexibility index (Phi) is 5.10. The fraction of sp³-hybridized carbons (Fsp3) is 0.400. The second-order valence-corrected chi connectivity index (χ2v) is 7.30. The standard InChI is InChI=1S/C20H19F2N3O5/c1-2-24-14-8-30-9-15(14)25-7-12(17(26)18(27)16(25)20(24)29)19(28)23-6-10-3-4-11(21)5-13(10)22/h3-5,7,14-16H,2,6,8-9H2,1H3,(H,23,28)/t14-,15-,16?/m1/s1. The van der Waals surface area contributed by atoms with Gasteiger partial charge in [0.1, 0.15) is 17.2 Å². The highest BCUT2D eigenvalue weighted by atomic mass is 19.1. The van der Waals surface area contributed by atoms with E-state index < -0.39 is 46.6 Å². The lowest BCUT2D eigenvalue weighted by atomic mass is 9.89. The van der Waals surface area contributed by atoms with Crippen molar-refractivity contribution in [1.29, 1.82) is 0 Å². The number of ketones is 2. The van der Waals surface area contributed by atoms with Crippen molar-refractivity contribution in [3.05, 3.63) is 47.2 Å². The first-order chi connectivity index (χ1) is 14.3. The molecule has 158 valence electrons. The molecule has 4 rings (SSSR count).